The Bertz CT molecular complexity index is 555. The Balaban J connectivity index is 2.02. The number of rotatable bonds is 7. The molecule has 4 nitrogen and oxygen atoms in total. The zero-order valence-electron chi connectivity index (χ0n) is 12.1. The van der Waals surface area contributed by atoms with E-state index in [4.69, 9.17) is 9.47 Å². The predicted octanol–water partition coefficient (Wildman–Crippen LogP) is 3.72. The smallest absolute Gasteiger partial charge is 0.162 e. The number of hydrogen-bond donors (Lipinski definition) is 1. The van der Waals surface area contributed by atoms with Crippen LogP contribution in [-0.4, -0.2) is 18.7 Å². The molecular weight excluding hydrogens is 272 g/mol. The maximum Gasteiger partial charge on any atom is 0.162 e. The Morgan fingerprint density at radius 3 is 2.75 bits per heavy atom. The van der Waals surface area contributed by atoms with Gasteiger partial charge in [-0.1, -0.05) is 6.92 Å². The molecule has 0 atom stereocenters. The van der Waals surface area contributed by atoms with Crippen LogP contribution in [0.15, 0.2) is 24.4 Å². The third-order valence-electron chi connectivity index (χ3n) is 2.83. The summed E-state index contributed by atoms with van der Waals surface area (Å²) < 4.78 is 10.8. The number of hydrogen-bond acceptors (Lipinski definition) is 5. The molecule has 0 fully saturated rings. The van der Waals surface area contributed by atoms with Gasteiger partial charge in [-0.25, -0.2) is 4.98 Å². The molecule has 2 rings (SSSR count). The zero-order chi connectivity index (χ0) is 14.4. The quantitative estimate of drug-likeness (QED) is 0.844. The summed E-state index contributed by atoms with van der Waals surface area (Å²) in [5.41, 5.74) is 1.01. The van der Waals surface area contributed by atoms with Gasteiger partial charge in [-0.2, -0.15) is 0 Å². The molecule has 0 radical (unpaired) electrons. The van der Waals surface area contributed by atoms with Gasteiger partial charge >= 0.3 is 0 Å². The molecule has 0 aliphatic heterocycles. The van der Waals surface area contributed by atoms with Crippen LogP contribution in [0, 0.1) is 0 Å². The molecule has 0 aliphatic rings. The van der Waals surface area contributed by atoms with Gasteiger partial charge in [-0.3, -0.25) is 0 Å². The molecule has 20 heavy (non-hydrogen) atoms. The second kappa shape index (κ2) is 7.14. The molecule has 1 heterocycles. The average Bonchev–Trinajstić information content (AvgIpc) is 2.94. The van der Waals surface area contributed by atoms with E-state index in [-0.39, 0.29) is 0 Å². The lowest BCUT2D eigenvalue weighted by atomic mass is 10.2. The van der Waals surface area contributed by atoms with Crippen molar-refractivity contribution in [3.05, 3.63) is 34.3 Å². The SMILES string of the molecule is CCOc1ccc(NCc2cnc(CC)s2)cc1OC. The van der Waals surface area contributed by atoms with Crippen molar-refractivity contribution in [2.24, 2.45) is 0 Å². The Morgan fingerprint density at radius 1 is 1.25 bits per heavy atom. The van der Waals surface area contributed by atoms with Gasteiger partial charge in [-0.05, 0) is 25.5 Å². The zero-order valence-corrected chi connectivity index (χ0v) is 12.9. The number of methoxy groups -OCH3 is 1. The van der Waals surface area contributed by atoms with Crippen LogP contribution in [0.2, 0.25) is 0 Å². The Kier molecular flexibility index (Phi) is 5.24. The van der Waals surface area contributed by atoms with Gasteiger partial charge in [0.1, 0.15) is 0 Å². The lowest BCUT2D eigenvalue weighted by Crippen LogP contribution is -2.00. The molecule has 1 aromatic carbocycles. The lowest BCUT2D eigenvalue weighted by Gasteiger charge is -2.11. The van der Waals surface area contributed by atoms with Gasteiger partial charge in [-0.15, -0.1) is 11.3 Å². The topological polar surface area (TPSA) is 43.4 Å². The minimum Gasteiger partial charge on any atom is -0.493 e. The van der Waals surface area contributed by atoms with Crippen LogP contribution >= 0.6 is 11.3 Å². The average molecular weight is 292 g/mol. The first-order valence-corrected chi connectivity index (χ1v) is 7.56. The number of aryl methyl sites for hydroxylation is 1. The van der Waals surface area contributed by atoms with Gasteiger partial charge < -0.3 is 14.8 Å². The van der Waals surface area contributed by atoms with E-state index in [0.717, 1.165) is 30.2 Å². The van der Waals surface area contributed by atoms with E-state index in [0.29, 0.717) is 6.61 Å². The van der Waals surface area contributed by atoms with Gasteiger partial charge in [0.05, 0.1) is 25.3 Å². The molecule has 0 amide bonds. The second-order valence-electron chi connectivity index (χ2n) is 4.23. The molecule has 0 saturated carbocycles. The van der Waals surface area contributed by atoms with Crippen molar-refractivity contribution in [2.45, 2.75) is 26.8 Å². The third kappa shape index (κ3) is 3.63. The molecule has 5 heteroatoms. The summed E-state index contributed by atoms with van der Waals surface area (Å²) in [6.45, 7) is 5.48. The van der Waals surface area contributed by atoms with Crippen LogP contribution in [0.1, 0.15) is 23.7 Å². The van der Waals surface area contributed by atoms with Crippen LogP contribution in [-0.2, 0) is 13.0 Å². The van der Waals surface area contributed by atoms with Crippen molar-refractivity contribution >= 4 is 17.0 Å². The molecule has 2 aromatic rings. The van der Waals surface area contributed by atoms with E-state index in [2.05, 4.69) is 17.2 Å². The van der Waals surface area contributed by atoms with Gasteiger partial charge in [0.15, 0.2) is 11.5 Å². The van der Waals surface area contributed by atoms with Crippen molar-refractivity contribution in [1.82, 2.24) is 4.98 Å². The highest BCUT2D eigenvalue weighted by Crippen LogP contribution is 2.30. The van der Waals surface area contributed by atoms with Crippen molar-refractivity contribution in [3.63, 3.8) is 0 Å². The number of nitrogens with zero attached hydrogens (tertiary/aromatic N) is 1. The van der Waals surface area contributed by atoms with Gasteiger partial charge in [0.25, 0.3) is 0 Å². The number of anilines is 1. The van der Waals surface area contributed by atoms with Crippen LogP contribution in [0.3, 0.4) is 0 Å². The minimum atomic E-state index is 0.629. The van der Waals surface area contributed by atoms with Crippen molar-refractivity contribution < 1.29 is 9.47 Å². The fraction of sp³-hybridized carbons (Fsp3) is 0.400. The molecule has 0 aliphatic carbocycles. The summed E-state index contributed by atoms with van der Waals surface area (Å²) in [7, 11) is 1.65. The van der Waals surface area contributed by atoms with Gasteiger partial charge in [0.2, 0.25) is 0 Å². The van der Waals surface area contributed by atoms with E-state index in [1.54, 1.807) is 18.4 Å². The minimum absolute atomic E-state index is 0.629. The fourth-order valence-corrected chi connectivity index (χ4v) is 2.64. The predicted molar refractivity (Wildman–Crippen MR) is 83.0 cm³/mol. The van der Waals surface area contributed by atoms with Crippen molar-refractivity contribution in [1.29, 1.82) is 0 Å². The second-order valence-corrected chi connectivity index (χ2v) is 5.43. The molecule has 0 unspecified atom stereocenters. The Hall–Kier alpha value is -1.75. The maximum atomic E-state index is 5.50. The number of benzene rings is 1. The molecule has 0 saturated heterocycles. The summed E-state index contributed by atoms with van der Waals surface area (Å²) in [6, 6.07) is 5.87. The van der Waals surface area contributed by atoms with E-state index in [9.17, 15) is 0 Å². The van der Waals surface area contributed by atoms with Crippen molar-refractivity contribution in [2.75, 3.05) is 19.0 Å². The first kappa shape index (κ1) is 14.7. The number of ether oxygens (including phenoxy) is 2. The highest BCUT2D eigenvalue weighted by atomic mass is 32.1. The summed E-state index contributed by atoms with van der Waals surface area (Å²) in [4.78, 5) is 5.58. The number of aromatic nitrogens is 1. The monoisotopic (exact) mass is 292 g/mol. The normalized spacial score (nSPS) is 10.3. The highest BCUT2D eigenvalue weighted by Gasteiger charge is 2.06. The largest absolute Gasteiger partial charge is 0.493 e. The van der Waals surface area contributed by atoms with Crippen LogP contribution in [0.4, 0.5) is 5.69 Å². The first-order valence-electron chi connectivity index (χ1n) is 6.75. The van der Waals surface area contributed by atoms with E-state index in [1.807, 2.05) is 31.3 Å². The van der Waals surface area contributed by atoms with Crippen LogP contribution < -0.4 is 14.8 Å². The van der Waals surface area contributed by atoms with E-state index in [1.165, 1.54) is 9.88 Å². The Morgan fingerprint density at radius 2 is 2.10 bits per heavy atom. The van der Waals surface area contributed by atoms with Crippen LogP contribution in [0.25, 0.3) is 0 Å². The first-order chi connectivity index (χ1) is 9.76. The van der Waals surface area contributed by atoms with E-state index >= 15 is 0 Å². The molecular formula is C15H20N2O2S. The number of thiazole rings is 1. The molecule has 0 spiro atoms. The number of nitrogens with one attached hydrogen (secondary N) is 1. The maximum absolute atomic E-state index is 5.50. The lowest BCUT2D eigenvalue weighted by molar-refractivity contribution is 0.311. The molecule has 1 N–H and O–H groups in total. The van der Waals surface area contributed by atoms with E-state index < -0.39 is 0 Å². The summed E-state index contributed by atoms with van der Waals surface area (Å²) >= 11 is 1.74. The molecule has 1 aromatic heterocycles. The third-order valence-corrected chi connectivity index (χ3v) is 3.98. The van der Waals surface area contributed by atoms with Crippen molar-refractivity contribution in [3.8, 4) is 11.5 Å². The van der Waals surface area contributed by atoms with Gasteiger partial charge in [0, 0.05) is 22.8 Å². The molecule has 0 bridgehead atoms. The standard InChI is InChI=1S/C15H20N2O2S/c1-4-15-17-10-12(20-15)9-16-11-6-7-13(19-5-2)14(8-11)18-3/h6-8,10,16H,4-5,9H2,1-3H3. The highest BCUT2D eigenvalue weighted by molar-refractivity contribution is 7.11. The fourth-order valence-electron chi connectivity index (χ4n) is 1.83. The Labute approximate surface area is 123 Å². The summed E-state index contributed by atoms with van der Waals surface area (Å²) in [6.07, 6.45) is 2.92. The summed E-state index contributed by atoms with van der Waals surface area (Å²) in [5.74, 6) is 1.52. The summed E-state index contributed by atoms with van der Waals surface area (Å²) in [5, 5.41) is 4.55. The van der Waals surface area contributed by atoms with Crippen LogP contribution in [0.5, 0.6) is 11.5 Å². The molecule has 108 valence electrons.